The van der Waals surface area contributed by atoms with Gasteiger partial charge >= 0.3 is 18.4 Å². The number of esters is 2. The second kappa shape index (κ2) is 4.06. The van der Waals surface area contributed by atoms with Gasteiger partial charge in [0.25, 0.3) is 0 Å². The van der Waals surface area contributed by atoms with Crippen molar-refractivity contribution in [1.29, 1.82) is 0 Å². The van der Waals surface area contributed by atoms with E-state index in [1.54, 1.807) is 0 Å². The molecule has 0 aliphatic carbocycles. The van der Waals surface area contributed by atoms with Gasteiger partial charge in [0.15, 0.2) is 0 Å². The molecule has 0 unspecified atom stereocenters. The van der Waals surface area contributed by atoms with E-state index in [1.807, 2.05) is 0 Å². The minimum absolute atomic E-state index is 0.216. The van der Waals surface area contributed by atoms with Crippen LogP contribution in [-0.2, 0) is 19.1 Å². The fraction of sp³-hybridized carbons (Fsp3) is 0.714. The van der Waals surface area contributed by atoms with E-state index in [2.05, 4.69) is 9.47 Å². The molecular formula is C7H10O5. The first-order valence-corrected chi connectivity index (χ1v) is 3.75. The highest BCUT2D eigenvalue weighted by molar-refractivity contribution is 5.72. The summed E-state index contributed by atoms with van der Waals surface area (Å²) in [7, 11) is 0. The van der Waals surface area contributed by atoms with Gasteiger partial charge in [-0.3, -0.25) is 9.59 Å². The number of aliphatic hydroxyl groups is 1. The maximum atomic E-state index is 10.7. The molecule has 0 aromatic carbocycles. The molecule has 0 amide bonds. The smallest absolute Gasteiger partial charge is 0.362 e. The van der Waals surface area contributed by atoms with Crippen LogP contribution in [0.5, 0.6) is 0 Å². The number of ether oxygens (including phenoxy) is 2. The lowest BCUT2D eigenvalue weighted by molar-refractivity contribution is -0.245. The van der Waals surface area contributed by atoms with Gasteiger partial charge in [-0.15, -0.1) is 0 Å². The standard InChI is InChI=1S/C7H10O5/c8-5-3-1-2-4-6(9)12-7(10)11-5/h7,10H,1-4H2. The summed E-state index contributed by atoms with van der Waals surface area (Å²) in [5.41, 5.74) is 0. The summed E-state index contributed by atoms with van der Waals surface area (Å²) >= 11 is 0. The van der Waals surface area contributed by atoms with Crippen LogP contribution in [0.25, 0.3) is 0 Å². The monoisotopic (exact) mass is 174 g/mol. The Balaban J connectivity index is 2.48. The molecule has 12 heavy (non-hydrogen) atoms. The van der Waals surface area contributed by atoms with E-state index in [0.29, 0.717) is 12.8 Å². The molecule has 1 aliphatic heterocycles. The fourth-order valence-corrected chi connectivity index (χ4v) is 0.905. The van der Waals surface area contributed by atoms with Gasteiger partial charge in [-0.05, 0) is 12.8 Å². The van der Waals surface area contributed by atoms with Crippen LogP contribution >= 0.6 is 0 Å². The molecule has 1 fully saturated rings. The van der Waals surface area contributed by atoms with Gasteiger partial charge in [0.2, 0.25) is 0 Å². The SMILES string of the molecule is O=C1CCCCC(=O)OC(O)O1. The number of hydrogen-bond acceptors (Lipinski definition) is 5. The summed E-state index contributed by atoms with van der Waals surface area (Å²) in [5.74, 6) is -1.09. The Morgan fingerprint density at radius 1 is 1.08 bits per heavy atom. The average molecular weight is 174 g/mol. The lowest BCUT2D eigenvalue weighted by Crippen LogP contribution is -2.22. The third-order valence-corrected chi connectivity index (χ3v) is 1.48. The Morgan fingerprint density at radius 3 is 1.92 bits per heavy atom. The Kier molecular flexibility index (Phi) is 3.04. The molecule has 0 saturated carbocycles. The number of carbonyl (C=O) groups is 2. The van der Waals surface area contributed by atoms with Crippen LogP contribution in [0.1, 0.15) is 25.7 Å². The van der Waals surface area contributed by atoms with Crippen molar-refractivity contribution in [3.8, 4) is 0 Å². The maximum absolute atomic E-state index is 10.7. The van der Waals surface area contributed by atoms with Crippen molar-refractivity contribution in [2.24, 2.45) is 0 Å². The second-order valence-electron chi connectivity index (χ2n) is 2.49. The lowest BCUT2D eigenvalue weighted by Gasteiger charge is -2.09. The molecule has 1 aliphatic rings. The third kappa shape index (κ3) is 2.87. The summed E-state index contributed by atoms with van der Waals surface area (Å²) in [6, 6.07) is 0. The third-order valence-electron chi connectivity index (χ3n) is 1.48. The molecule has 1 N–H and O–H groups in total. The highest BCUT2D eigenvalue weighted by Crippen LogP contribution is 2.08. The number of cyclic esters (lactones) is 2. The molecule has 1 saturated heterocycles. The van der Waals surface area contributed by atoms with Crippen LogP contribution < -0.4 is 0 Å². The largest absolute Gasteiger partial charge is 0.400 e. The van der Waals surface area contributed by atoms with E-state index in [0.717, 1.165) is 0 Å². The van der Waals surface area contributed by atoms with Gasteiger partial charge in [-0.25, -0.2) is 0 Å². The summed E-state index contributed by atoms with van der Waals surface area (Å²) in [6.45, 7) is -1.73. The number of carbonyl (C=O) groups excluding carboxylic acids is 2. The molecule has 68 valence electrons. The van der Waals surface area contributed by atoms with Gasteiger partial charge in [0.05, 0.1) is 0 Å². The Labute approximate surface area is 69.3 Å². The van der Waals surface area contributed by atoms with Gasteiger partial charge in [-0.2, -0.15) is 0 Å². The highest BCUT2D eigenvalue weighted by Gasteiger charge is 2.17. The van der Waals surface area contributed by atoms with Crippen LogP contribution in [-0.4, -0.2) is 23.5 Å². The normalized spacial score (nSPS) is 21.8. The molecule has 0 aromatic rings. The summed E-state index contributed by atoms with van der Waals surface area (Å²) in [6.07, 6.45) is 1.60. The van der Waals surface area contributed by atoms with Crippen molar-refractivity contribution in [2.45, 2.75) is 32.2 Å². The molecule has 0 radical (unpaired) electrons. The molecule has 1 heterocycles. The summed E-state index contributed by atoms with van der Waals surface area (Å²) in [5, 5.41) is 8.79. The average Bonchev–Trinajstić information content (AvgIpc) is 2.01. The van der Waals surface area contributed by atoms with Gasteiger partial charge in [0, 0.05) is 12.8 Å². The zero-order valence-corrected chi connectivity index (χ0v) is 6.49. The Hall–Kier alpha value is -1.10. The van der Waals surface area contributed by atoms with E-state index in [-0.39, 0.29) is 12.8 Å². The van der Waals surface area contributed by atoms with Gasteiger partial charge < -0.3 is 14.6 Å². The minimum atomic E-state index is -1.73. The number of aliphatic hydroxyl groups excluding tert-OH is 1. The molecule has 0 bridgehead atoms. The van der Waals surface area contributed by atoms with Crippen LogP contribution in [0.2, 0.25) is 0 Å². The zero-order chi connectivity index (χ0) is 8.97. The predicted octanol–water partition coefficient (Wildman–Crippen LogP) is -0.0773. The molecule has 0 spiro atoms. The van der Waals surface area contributed by atoms with E-state index in [9.17, 15) is 9.59 Å². The summed E-state index contributed by atoms with van der Waals surface area (Å²) in [4.78, 5) is 21.5. The van der Waals surface area contributed by atoms with Crippen molar-refractivity contribution in [1.82, 2.24) is 0 Å². The first-order valence-electron chi connectivity index (χ1n) is 3.75. The maximum Gasteiger partial charge on any atom is 0.362 e. The summed E-state index contributed by atoms with van der Waals surface area (Å²) < 4.78 is 8.63. The minimum Gasteiger partial charge on any atom is -0.400 e. The first-order chi connectivity index (χ1) is 5.68. The van der Waals surface area contributed by atoms with E-state index in [1.165, 1.54) is 0 Å². The van der Waals surface area contributed by atoms with Crippen molar-refractivity contribution < 1.29 is 24.2 Å². The van der Waals surface area contributed by atoms with Gasteiger partial charge in [-0.1, -0.05) is 0 Å². The molecular weight excluding hydrogens is 164 g/mol. The predicted molar refractivity (Wildman–Crippen MR) is 36.7 cm³/mol. The second-order valence-corrected chi connectivity index (χ2v) is 2.49. The first kappa shape index (κ1) is 8.99. The lowest BCUT2D eigenvalue weighted by atomic mass is 10.2. The van der Waals surface area contributed by atoms with E-state index < -0.39 is 18.4 Å². The number of rotatable bonds is 0. The van der Waals surface area contributed by atoms with Crippen LogP contribution in [0.4, 0.5) is 0 Å². The molecule has 0 aromatic heterocycles. The highest BCUT2D eigenvalue weighted by atomic mass is 16.8. The van der Waals surface area contributed by atoms with Crippen LogP contribution in [0, 0.1) is 0 Å². The van der Waals surface area contributed by atoms with E-state index >= 15 is 0 Å². The topological polar surface area (TPSA) is 72.8 Å². The van der Waals surface area contributed by atoms with Crippen LogP contribution in [0.3, 0.4) is 0 Å². The van der Waals surface area contributed by atoms with Gasteiger partial charge in [0.1, 0.15) is 0 Å². The van der Waals surface area contributed by atoms with E-state index in [4.69, 9.17) is 5.11 Å². The Morgan fingerprint density at radius 2 is 1.50 bits per heavy atom. The quantitative estimate of drug-likeness (QED) is 0.520. The Bertz CT molecular complexity index is 168. The van der Waals surface area contributed by atoms with Crippen molar-refractivity contribution in [3.05, 3.63) is 0 Å². The fourth-order valence-electron chi connectivity index (χ4n) is 0.905. The number of hydrogen-bond donors (Lipinski definition) is 1. The molecule has 0 atom stereocenters. The molecule has 5 nitrogen and oxygen atoms in total. The van der Waals surface area contributed by atoms with Crippen molar-refractivity contribution in [2.75, 3.05) is 0 Å². The molecule has 1 rings (SSSR count). The van der Waals surface area contributed by atoms with Crippen LogP contribution in [0.15, 0.2) is 0 Å². The van der Waals surface area contributed by atoms with Crippen molar-refractivity contribution >= 4 is 11.9 Å². The van der Waals surface area contributed by atoms with Crippen molar-refractivity contribution in [3.63, 3.8) is 0 Å². The zero-order valence-electron chi connectivity index (χ0n) is 6.49. The molecule has 5 heteroatoms.